The zero-order chi connectivity index (χ0) is 17.3. The van der Waals surface area contributed by atoms with Crippen molar-refractivity contribution in [2.45, 2.75) is 38.6 Å². The predicted molar refractivity (Wildman–Crippen MR) is 91.8 cm³/mol. The molecule has 0 radical (unpaired) electrons. The number of amides is 2. The highest BCUT2D eigenvalue weighted by Crippen LogP contribution is 2.35. The van der Waals surface area contributed by atoms with E-state index in [-0.39, 0.29) is 29.6 Å². The molecule has 5 nitrogen and oxygen atoms in total. The molecule has 2 amide bonds. The van der Waals surface area contributed by atoms with Gasteiger partial charge in [0.05, 0.1) is 13.0 Å². The topological polar surface area (TPSA) is 58.6 Å². The average Bonchev–Trinajstić information content (AvgIpc) is 3.28. The van der Waals surface area contributed by atoms with E-state index in [1.54, 1.807) is 7.11 Å². The van der Waals surface area contributed by atoms with Gasteiger partial charge in [-0.05, 0) is 30.5 Å². The zero-order valence-electron chi connectivity index (χ0n) is 14.6. The molecule has 0 spiro atoms. The summed E-state index contributed by atoms with van der Waals surface area (Å²) < 4.78 is 5.21. The minimum Gasteiger partial charge on any atom is -0.497 e. The summed E-state index contributed by atoms with van der Waals surface area (Å²) in [6.45, 7) is 4.92. The Morgan fingerprint density at radius 3 is 2.38 bits per heavy atom. The van der Waals surface area contributed by atoms with Gasteiger partial charge in [0.15, 0.2) is 0 Å². The lowest BCUT2D eigenvalue weighted by Crippen LogP contribution is -2.37. The van der Waals surface area contributed by atoms with Gasteiger partial charge in [-0.25, -0.2) is 0 Å². The van der Waals surface area contributed by atoms with E-state index in [4.69, 9.17) is 4.74 Å². The van der Waals surface area contributed by atoms with Crippen molar-refractivity contribution < 1.29 is 14.3 Å². The fraction of sp³-hybridized carbons (Fsp3) is 0.579. The Labute approximate surface area is 143 Å². The maximum absolute atomic E-state index is 12.7. The van der Waals surface area contributed by atoms with Gasteiger partial charge in [-0.3, -0.25) is 9.59 Å². The number of carbonyl (C=O) groups is 2. The normalized spacial score (nSPS) is 23.4. The lowest BCUT2D eigenvalue weighted by molar-refractivity contribution is -0.133. The molecule has 1 aromatic carbocycles. The minimum atomic E-state index is -0.179. The summed E-state index contributed by atoms with van der Waals surface area (Å²) in [6.07, 6.45) is 2.14. The van der Waals surface area contributed by atoms with Crippen LogP contribution in [0.1, 0.15) is 38.2 Å². The maximum Gasteiger partial charge on any atom is 0.225 e. The van der Waals surface area contributed by atoms with Crippen LogP contribution in [0.5, 0.6) is 5.75 Å². The molecule has 1 saturated carbocycles. The molecular weight excluding hydrogens is 304 g/mol. The number of ether oxygens (including phenoxy) is 1. The number of methoxy groups -OCH3 is 1. The van der Waals surface area contributed by atoms with Crippen LogP contribution in [0.4, 0.5) is 0 Å². The molecule has 1 heterocycles. The molecule has 0 aromatic heterocycles. The Kier molecular flexibility index (Phi) is 4.78. The van der Waals surface area contributed by atoms with Gasteiger partial charge in [0, 0.05) is 31.0 Å². The number of benzene rings is 1. The van der Waals surface area contributed by atoms with Crippen LogP contribution in [0.25, 0.3) is 0 Å². The van der Waals surface area contributed by atoms with Gasteiger partial charge in [-0.1, -0.05) is 26.0 Å². The molecule has 1 aliphatic heterocycles. The van der Waals surface area contributed by atoms with Crippen LogP contribution in [-0.4, -0.2) is 43.0 Å². The molecule has 0 unspecified atom stereocenters. The van der Waals surface area contributed by atoms with Crippen LogP contribution in [-0.2, 0) is 9.59 Å². The Morgan fingerprint density at radius 1 is 1.17 bits per heavy atom. The number of hydrogen-bond acceptors (Lipinski definition) is 3. The number of hydrogen-bond donors (Lipinski definition) is 1. The Bertz CT molecular complexity index is 608. The molecule has 1 N–H and O–H groups in total. The van der Waals surface area contributed by atoms with Crippen LogP contribution >= 0.6 is 0 Å². The summed E-state index contributed by atoms with van der Waals surface area (Å²) in [6, 6.07) is 8.17. The molecule has 1 saturated heterocycles. The van der Waals surface area contributed by atoms with Crippen LogP contribution in [0.2, 0.25) is 0 Å². The van der Waals surface area contributed by atoms with Crippen molar-refractivity contribution in [3.63, 3.8) is 0 Å². The van der Waals surface area contributed by atoms with Crippen molar-refractivity contribution in [2.75, 3.05) is 20.2 Å². The maximum atomic E-state index is 12.7. The first kappa shape index (κ1) is 16.8. The fourth-order valence-electron chi connectivity index (χ4n) is 3.34. The molecule has 5 heteroatoms. The largest absolute Gasteiger partial charge is 0.497 e. The molecule has 130 valence electrons. The Morgan fingerprint density at radius 2 is 1.83 bits per heavy atom. The van der Waals surface area contributed by atoms with E-state index in [9.17, 15) is 9.59 Å². The summed E-state index contributed by atoms with van der Waals surface area (Å²) in [5, 5.41) is 3.11. The Hall–Kier alpha value is -2.04. The first-order chi connectivity index (χ1) is 11.5. The molecular formula is C19H26N2O3. The van der Waals surface area contributed by atoms with E-state index in [0.29, 0.717) is 19.1 Å². The summed E-state index contributed by atoms with van der Waals surface area (Å²) >= 11 is 0. The number of rotatable bonds is 5. The molecule has 1 aromatic rings. The number of carbonyl (C=O) groups excluding carboxylic acids is 2. The van der Waals surface area contributed by atoms with E-state index >= 15 is 0 Å². The second kappa shape index (κ2) is 6.83. The molecule has 1 aliphatic carbocycles. The third-order valence-electron chi connectivity index (χ3n) is 4.93. The quantitative estimate of drug-likeness (QED) is 0.900. The van der Waals surface area contributed by atoms with Gasteiger partial charge in [0.2, 0.25) is 11.8 Å². The van der Waals surface area contributed by atoms with Crippen molar-refractivity contribution >= 4 is 11.8 Å². The van der Waals surface area contributed by atoms with Gasteiger partial charge in [-0.15, -0.1) is 0 Å². The molecule has 2 fully saturated rings. The third kappa shape index (κ3) is 3.55. The number of likely N-dealkylation sites (tertiary alicyclic amines) is 1. The average molecular weight is 330 g/mol. The molecule has 0 bridgehead atoms. The van der Waals surface area contributed by atoms with Crippen molar-refractivity contribution in [3.8, 4) is 5.75 Å². The van der Waals surface area contributed by atoms with Crippen LogP contribution in [0, 0.1) is 11.8 Å². The standard InChI is InChI=1S/C19H26N2O3/c1-12(2)19(23)21-10-16(13-4-8-15(24-3)9-5-13)17(11-21)18(22)20-14-6-7-14/h4-5,8-9,12,14,16-17H,6-7,10-11H2,1-3H3,(H,20,22)/t16-,17-/m0/s1. The van der Waals surface area contributed by atoms with E-state index in [1.807, 2.05) is 43.0 Å². The van der Waals surface area contributed by atoms with Gasteiger partial charge in [0.25, 0.3) is 0 Å². The Balaban J connectivity index is 1.80. The molecule has 2 aliphatic rings. The van der Waals surface area contributed by atoms with Gasteiger partial charge in [-0.2, -0.15) is 0 Å². The molecule has 3 rings (SSSR count). The number of nitrogens with zero attached hydrogens (tertiary/aromatic N) is 1. The second-order valence-electron chi connectivity index (χ2n) is 7.17. The van der Waals surface area contributed by atoms with Gasteiger partial charge in [0.1, 0.15) is 5.75 Å². The summed E-state index contributed by atoms with van der Waals surface area (Å²) in [4.78, 5) is 26.9. The van der Waals surface area contributed by atoms with E-state index in [2.05, 4.69) is 5.32 Å². The molecule has 2 atom stereocenters. The first-order valence-corrected chi connectivity index (χ1v) is 8.72. The first-order valence-electron chi connectivity index (χ1n) is 8.72. The van der Waals surface area contributed by atoms with Gasteiger partial charge >= 0.3 is 0 Å². The SMILES string of the molecule is COc1ccc([C@@H]2CN(C(=O)C(C)C)C[C@@H]2C(=O)NC2CC2)cc1. The van der Waals surface area contributed by atoms with E-state index < -0.39 is 0 Å². The highest BCUT2D eigenvalue weighted by atomic mass is 16.5. The van der Waals surface area contributed by atoms with Crippen molar-refractivity contribution in [1.29, 1.82) is 0 Å². The monoisotopic (exact) mass is 330 g/mol. The van der Waals surface area contributed by atoms with Crippen LogP contribution in [0.15, 0.2) is 24.3 Å². The summed E-state index contributed by atoms with van der Waals surface area (Å²) in [5.41, 5.74) is 1.09. The van der Waals surface area contributed by atoms with Crippen molar-refractivity contribution in [2.24, 2.45) is 11.8 Å². The second-order valence-corrected chi connectivity index (χ2v) is 7.17. The van der Waals surface area contributed by atoms with Gasteiger partial charge < -0.3 is 15.0 Å². The summed E-state index contributed by atoms with van der Waals surface area (Å²) in [7, 11) is 1.64. The molecule has 24 heavy (non-hydrogen) atoms. The third-order valence-corrected chi connectivity index (χ3v) is 4.93. The predicted octanol–water partition coefficient (Wildman–Crippen LogP) is 2.17. The van der Waals surface area contributed by atoms with Crippen LogP contribution in [0.3, 0.4) is 0 Å². The van der Waals surface area contributed by atoms with E-state index in [1.165, 1.54) is 0 Å². The lowest BCUT2D eigenvalue weighted by Gasteiger charge is -2.18. The summed E-state index contributed by atoms with van der Waals surface area (Å²) in [5.74, 6) is 0.810. The smallest absolute Gasteiger partial charge is 0.225 e. The fourth-order valence-corrected chi connectivity index (χ4v) is 3.34. The number of nitrogens with one attached hydrogen (secondary N) is 1. The highest BCUT2D eigenvalue weighted by Gasteiger charge is 2.41. The highest BCUT2D eigenvalue weighted by molar-refractivity contribution is 5.84. The van der Waals surface area contributed by atoms with Crippen LogP contribution < -0.4 is 10.1 Å². The van der Waals surface area contributed by atoms with Crippen molar-refractivity contribution in [1.82, 2.24) is 10.2 Å². The van der Waals surface area contributed by atoms with E-state index in [0.717, 1.165) is 24.2 Å². The van der Waals surface area contributed by atoms with Crippen molar-refractivity contribution in [3.05, 3.63) is 29.8 Å². The lowest BCUT2D eigenvalue weighted by atomic mass is 9.88. The minimum absolute atomic E-state index is 0.0392. The zero-order valence-corrected chi connectivity index (χ0v) is 14.6.